The van der Waals surface area contributed by atoms with E-state index in [1.165, 1.54) is 0 Å². The van der Waals surface area contributed by atoms with E-state index in [-0.39, 0.29) is 6.04 Å². The van der Waals surface area contributed by atoms with E-state index in [0.717, 1.165) is 0 Å². The predicted molar refractivity (Wildman–Crippen MR) is 40.7 cm³/mol. The summed E-state index contributed by atoms with van der Waals surface area (Å²) in [7, 11) is 0. The van der Waals surface area contributed by atoms with Gasteiger partial charge < -0.3 is 19.5 Å². The lowest BCUT2D eigenvalue weighted by Crippen LogP contribution is -2.44. The van der Waals surface area contributed by atoms with Crippen LogP contribution < -0.4 is 5.32 Å². The lowest BCUT2D eigenvalue weighted by Gasteiger charge is -2.22. The van der Waals surface area contributed by atoms with Crippen LogP contribution in [0, 0.1) is 0 Å². The highest BCUT2D eigenvalue weighted by Crippen LogP contribution is 1.96. The summed E-state index contributed by atoms with van der Waals surface area (Å²) in [5.41, 5.74) is 0. The minimum absolute atomic E-state index is 0.0854. The highest BCUT2D eigenvalue weighted by molar-refractivity contribution is 5.67. The van der Waals surface area contributed by atoms with Crippen LogP contribution in [0.25, 0.3) is 0 Å². The van der Waals surface area contributed by atoms with E-state index >= 15 is 0 Å². The van der Waals surface area contributed by atoms with Gasteiger partial charge >= 0.3 is 6.09 Å². The Morgan fingerprint density at radius 2 is 2.25 bits per heavy atom. The molecule has 1 N–H and O–H groups in total. The van der Waals surface area contributed by atoms with Gasteiger partial charge in [0.1, 0.15) is 6.79 Å². The maximum atomic E-state index is 10.9. The van der Waals surface area contributed by atoms with Gasteiger partial charge in [0.2, 0.25) is 0 Å². The van der Waals surface area contributed by atoms with Crippen molar-refractivity contribution in [1.29, 1.82) is 0 Å². The second kappa shape index (κ2) is 4.95. The standard InChI is InChI=1S/C7H13NO4/c1-2-12-7(9)8-6-3-10-5-11-4-6/h6H,2-5H2,1H3,(H,8,9). The van der Waals surface area contributed by atoms with Crippen molar-refractivity contribution in [3.05, 3.63) is 0 Å². The number of amides is 1. The monoisotopic (exact) mass is 175 g/mol. The molecule has 0 aliphatic carbocycles. The highest BCUT2D eigenvalue weighted by Gasteiger charge is 2.16. The van der Waals surface area contributed by atoms with Gasteiger partial charge in [-0.15, -0.1) is 0 Å². The molecular weight excluding hydrogens is 162 g/mol. The Balaban J connectivity index is 2.15. The summed E-state index contributed by atoms with van der Waals surface area (Å²) in [6.07, 6.45) is -0.420. The van der Waals surface area contributed by atoms with Crippen molar-refractivity contribution in [2.75, 3.05) is 26.6 Å². The Labute approximate surface area is 71.0 Å². The first-order valence-electron chi connectivity index (χ1n) is 3.91. The molecule has 0 atom stereocenters. The molecule has 0 aromatic rings. The van der Waals surface area contributed by atoms with Crippen molar-refractivity contribution in [3.63, 3.8) is 0 Å². The number of alkyl carbamates (subject to hydrolysis) is 1. The van der Waals surface area contributed by atoms with Gasteiger partial charge in [-0.25, -0.2) is 4.79 Å². The third-order valence-corrected chi connectivity index (χ3v) is 1.40. The zero-order valence-electron chi connectivity index (χ0n) is 7.04. The SMILES string of the molecule is CCOC(=O)NC1COCOC1. The molecule has 0 unspecified atom stereocenters. The maximum absolute atomic E-state index is 10.9. The van der Waals surface area contributed by atoms with Crippen molar-refractivity contribution < 1.29 is 19.0 Å². The predicted octanol–water partition coefficient (Wildman–Crippen LogP) is 0.105. The van der Waals surface area contributed by atoms with Crippen molar-refractivity contribution in [2.45, 2.75) is 13.0 Å². The number of carbonyl (C=O) groups is 1. The van der Waals surface area contributed by atoms with Gasteiger partial charge in [0.15, 0.2) is 0 Å². The molecule has 70 valence electrons. The van der Waals surface area contributed by atoms with Crippen molar-refractivity contribution in [2.24, 2.45) is 0 Å². The molecule has 0 aromatic heterocycles. The quantitative estimate of drug-likeness (QED) is 0.647. The summed E-state index contributed by atoms with van der Waals surface area (Å²) in [6.45, 7) is 3.41. The van der Waals surface area contributed by atoms with Gasteiger partial charge in [0, 0.05) is 0 Å². The number of carbonyl (C=O) groups excluding carboxylic acids is 1. The number of hydrogen-bond acceptors (Lipinski definition) is 4. The van der Waals surface area contributed by atoms with Gasteiger partial charge in [-0.05, 0) is 6.92 Å². The fourth-order valence-electron chi connectivity index (χ4n) is 0.911. The summed E-state index contributed by atoms with van der Waals surface area (Å²) in [4.78, 5) is 10.9. The van der Waals surface area contributed by atoms with Crippen LogP contribution in [-0.2, 0) is 14.2 Å². The third kappa shape index (κ3) is 3.06. The van der Waals surface area contributed by atoms with Gasteiger partial charge in [-0.1, -0.05) is 0 Å². The Kier molecular flexibility index (Phi) is 3.83. The zero-order valence-corrected chi connectivity index (χ0v) is 7.04. The molecule has 0 saturated carbocycles. The lowest BCUT2D eigenvalue weighted by atomic mass is 10.3. The summed E-state index contributed by atoms with van der Waals surface area (Å²) in [5.74, 6) is 0. The maximum Gasteiger partial charge on any atom is 0.407 e. The molecule has 0 radical (unpaired) electrons. The fraction of sp³-hybridized carbons (Fsp3) is 0.857. The van der Waals surface area contributed by atoms with Gasteiger partial charge in [-0.3, -0.25) is 0 Å². The summed E-state index contributed by atoms with van der Waals surface area (Å²) in [6, 6.07) is -0.0854. The van der Waals surface area contributed by atoms with Crippen LogP contribution in [0.15, 0.2) is 0 Å². The highest BCUT2D eigenvalue weighted by atomic mass is 16.7. The van der Waals surface area contributed by atoms with E-state index in [0.29, 0.717) is 26.6 Å². The van der Waals surface area contributed by atoms with E-state index in [1.807, 2.05) is 0 Å². The molecule has 1 heterocycles. The minimum Gasteiger partial charge on any atom is -0.450 e. The molecule has 12 heavy (non-hydrogen) atoms. The molecule has 1 amide bonds. The molecule has 0 bridgehead atoms. The molecule has 1 fully saturated rings. The fourth-order valence-corrected chi connectivity index (χ4v) is 0.911. The van der Waals surface area contributed by atoms with Crippen LogP contribution in [-0.4, -0.2) is 38.7 Å². The van der Waals surface area contributed by atoms with Crippen LogP contribution >= 0.6 is 0 Å². The van der Waals surface area contributed by atoms with Crippen molar-refractivity contribution in [1.82, 2.24) is 5.32 Å². The molecule has 0 spiro atoms. The molecule has 1 aliphatic rings. The second-order valence-electron chi connectivity index (χ2n) is 2.42. The van der Waals surface area contributed by atoms with E-state index in [9.17, 15) is 4.79 Å². The molecule has 1 rings (SSSR count). The molecule has 1 aliphatic heterocycles. The average molecular weight is 175 g/mol. The number of rotatable bonds is 2. The Morgan fingerprint density at radius 1 is 1.58 bits per heavy atom. The van der Waals surface area contributed by atoms with E-state index in [1.54, 1.807) is 6.92 Å². The number of nitrogens with one attached hydrogen (secondary N) is 1. The molecule has 0 aromatic carbocycles. The Bertz CT molecular complexity index is 144. The summed E-state index contributed by atoms with van der Waals surface area (Å²) in [5, 5.41) is 2.61. The van der Waals surface area contributed by atoms with Crippen LogP contribution in [0.2, 0.25) is 0 Å². The van der Waals surface area contributed by atoms with Crippen LogP contribution in [0.5, 0.6) is 0 Å². The Morgan fingerprint density at radius 3 is 2.83 bits per heavy atom. The van der Waals surface area contributed by atoms with Crippen molar-refractivity contribution >= 4 is 6.09 Å². The smallest absolute Gasteiger partial charge is 0.407 e. The van der Waals surface area contributed by atoms with Crippen LogP contribution in [0.3, 0.4) is 0 Å². The third-order valence-electron chi connectivity index (χ3n) is 1.40. The topological polar surface area (TPSA) is 56.8 Å². The molecular formula is C7H13NO4. The normalized spacial score (nSPS) is 18.8. The second-order valence-corrected chi connectivity index (χ2v) is 2.42. The number of hydrogen-bond donors (Lipinski definition) is 1. The van der Waals surface area contributed by atoms with Crippen LogP contribution in [0.1, 0.15) is 6.92 Å². The first-order chi connectivity index (χ1) is 5.83. The average Bonchev–Trinajstić information content (AvgIpc) is 2.06. The Hall–Kier alpha value is -0.810. The van der Waals surface area contributed by atoms with E-state index in [4.69, 9.17) is 9.47 Å². The molecule has 5 heteroatoms. The minimum atomic E-state index is -0.420. The van der Waals surface area contributed by atoms with E-state index < -0.39 is 6.09 Å². The largest absolute Gasteiger partial charge is 0.450 e. The lowest BCUT2D eigenvalue weighted by molar-refractivity contribution is -0.111. The first kappa shape index (κ1) is 9.28. The summed E-state index contributed by atoms with van der Waals surface area (Å²) < 4.78 is 14.6. The number of ether oxygens (including phenoxy) is 3. The molecule has 5 nitrogen and oxygen atoms in total. The zero-order chi connectivity index (χ0) is 8.81. The molecule has 1 saturated heterocycles. The van der Waals surface area contributed by atoms with E-state index in [2.05, 4.69) is 10.1 Å². The van der Waals surface area contributed by atoms with Gasteiger partial charge in [0.05, 0.1) is 25.9 Å². The van der Waals surface area contributed by atoms with Gasteiger partial charge in [0.25, 0.3) is 0 Å². The first-order valence-corrected chi connectivity index (χ1v) is 3.91. The van der Waals surface area contributed by atoms with Crippen LogP contribution in [0.4, 0.5) is 4.79 Å². The summed E-state index contributed by atoms with van der Waals surface area (Å²) >= 11 is 0. The van der Waals surface area contributed by atoms with Crippen molar-refractivity contribution in [3.8, 4) is 0 Å². The van der Waals surface area contributed by atoms with Gasteiger partial charge in [-0.2, -0.15) is 0 Å².